The van der Waals surface area contributed by atoms with E-state index in [0.29, 0.717) is 15.1 Å². The van der Waals surface area contributed by atoms with Gasteiger partial charge in [0.1, 0.15) is 0 Å². The van der Waals surface area contributed by atoms with Crippen molar-refractivity contribution in [1.82, 2.24) is 0 Å². The second kappa shape index (κ2) is 4.44. The zero-order chi connectivity index (χ0) is 10.0. The van der Waals surface area contributed by atoms with Crippen molar-refractivity contribution in [2.24, 2.45) is 0 Å². The van der Waals surface area contributed by atoms with Gasteiger partial charge in [-0.25, -0.2) is 0 Å². The quantitative estimate of drug-likeness (QED) is 0.844. The average molecular weight is 328 g/mol. The molecule has 0 saturated heterocycles. The molecule has 0 aromatic heterocycles. The molecular weight excluding hydrogens is 323 g/mol. The molecule has 0 spiro atoms. The number of carboxylic acid groups (broad SMARTS) is 1. The largest absolute Gasteiger partial charge is 0.481 e. The van der Waals surface area contributed by atoms with Crippen molar-refractivity contribution in [3.05, 3.63) is 31.7 Å². The molecule has 0 aliphatic carbocycles. The lowest BCUT2D eigenvalue weighted by molar-refractivity contribution is -0.136. The Hall–Kier alpha value is -0.0600. The maximum absolute atomic E-state index is 10.4. The molecule has 1 N–H and O–H groups in total. The fraction of sp³-hybridized carbons (Fsp3) is 0.125. The van der Waals surface area contributed by atoms with Crippen LogP contribution in [-0.4, -0.2) is 11.1 Å². The second-order valence-corrected chi connectivity index (χ2v) is 4.43. The number of hydrogen-bond acceptors (Lipinski definition) is 1. The van der Waals surface area contributed by atoms with Gasteiger partial charge in [0.25, 0.3) is 0 Å². The number of benzene rings is 1. The van der Waals surface area contributed by atoms with Crippen LogP contribution >= 0.6 is 43.5 Å². The molecule has 70 valence electrons. The Morgan fingerprint density at radius 3 is 2.62 bits per heavy atom. The van der Waals surface area contributed by atoms with E-state index in [2.05, 4.69) is 31.9 Å². The molecule has 0 bridgehead atoms. The molecule has 2 nitrogen and oxygen atoms in total. The van der Waals surface area contributed by atoms with Crippen LogP contribution in [0, 0.1) is 0 Å². The maximum Gasteiger partial charge on any atom is 0.307 e. The van der Waals surface area contributed by atoms with Crippen LogP contribution in [0.15, 0.2) is 21.1 Å². The standard InChI is InChI=1S/C8H5Br2ClO2/c9-5-2-1-4(3-6(12)13)8(11)7(5)10/h1-2H,3H2,(H,12,13). The molecule has 0 unspecified atom stereocenters. The van der Waals surface area contributed by atoms with Crippen molar-refractivity contribution >= 4 is 49.4 Å². The Kier molecular flexibility index (Phi) is 3.76. The first kappa shape index (κ1) is 11.0. The van der Waals surface area contributed by atoms with E-state index in [4.69, 9.17) is 16.7 Å². The molecule has 0 radical (unpaired) electrons. The van der Waals surface area contributed by atoms with Gasteiger partial charge in [0.15, 0.2) is 0 Å². The fourth-order valence-electron chi connectivity index (χ4n) is 0.865. The van der Waals surface area contributed by atoms with Gasteiger partial charge < -0.3 is 5.11 Å². The molecule has 1 aromatic rings. The normalized spacial score (nSPS) is 10.1. The third-order valence-electron chi connectivity index (χ3n) is 1.46. The number of carboxylic acids is 1. The van der Waals surface area contributed by atoms with E-state index < -0.39 is 5.97 Å². The first-order chi connectivity index (χ1) is 6.02. The van der Waals surface area contributed by atoms with Crippen molar-refractivity contribution in [1.29, 1.82) is 0 Å². The predicted molar refractivity (Wildman–Crippen MR) is 58.2 cm³/mol. The van der Waals surface area contributed by atoms with Gasteiger partial charge in [-0.2, -0.15) is 0 Å². The Balaban J connectivity index is 3.10. The van der Waals surface area contributed by atoms with Gasteiger partial charge in [-0.1, -0.05) is 17.7 Å². The van der Waals surface area contributed by atoms with Crippen LogP contribution in [0.1, 0.15) is 5.56 Å². The predicted octanol–water partition coefficient (Wildman–Crippen LogP) is 3.49. The minimum absolute atomic E-state index is 0.0648. The zero-order valence-electron chi connectivity index (χ0n) is 6.35. The van der Waals surface area contributed by atoms with Gasteiger partial charge in [-0.15, -0.1) is 0 Å². The highest BCUT2D eigenvalue weighted by Crippen LogP contribution is 2.33. The molecule has 0 fully saturated rings. The maximum atomic E-state index is 10.4. The molecule has 13 heavy (non-hydrogen) atoms. The van der Waals surface area contributed by atoms with Crippen molar-refractivity contribution < 1.29 is 9.90 Å². The van der Waals surface area contributed by atoms with Gasteiger partial charge in [-0.05, 0) is 43.5 Å². The van der Waals surface area contributed by atoms with Crippen LogP contribution in [0.4, 0.5) is 0 Å². The van der Waals surface area contributed by atoms with Crippen LogP contribution in [0.2, 0.25) is 5.02 Å². The summed E-state index contributed by atoms with van der Waals surface area (Å²) in [5.74, 6) is -0.892. The molecule has 1 aromatic carbocycles. The summed E-state index contributed by atoms with van der Waals surface area (Å²) in [6, 6.07) is 3.44. The summed E-state index contributed by atoms with van der Waals surface area (Å²) in [5, 5.41) is 9.01. The molecule has 0 heterocycles. The van der Waals surface area contributed by atoms with E-state index in [1.54, 1.807) is 12.1 Å². The number of halogens is 3. The van der Waals surface area contributed by atoms with E-state index in [9.17, 15) is 4.79 Å². The monoisotopic (exact) mass is 326 g/mol. The lowest BCUT2D eigenvalue weighted by Crippen LogP contribution is -2.00. The third-order valence-corrected chi connectivity index (χ3v) is 4.13. The fourth-order valence-corrected chi connectivity index (χ4v) is 1.93. The molecular formula is C8H5Br2ClO2. The van der Waals surface area contributed by atoms with Crippen molar-refractivity contribution in [2.75, 3.05) is 0 Å². The summed E-state index contributed by atoms with van der Waals surface area (Å²) in [6.45, 7) is 0. The lowest BCUT2D eigenvalue weighted by Gasteiger charge is -2.04. The number of carbonyl (C=O) groups is 1. The van der Waals surface area contributed by atoms with Crippen molar-refractivity contribution in [3.63, 3.8) is 0 Å². The summed E-state index contributed by atoms with van der Waals surface area (Å²) in [7, 11) is 0. The van der Waals surface area contributed by atoms with Crippen LogP contribution in [0.5, 0.6) is 0 Å². The highest BCUT2D eigenvalue weighted by Gasteiger charge is 2.10. The SMILES string of the molecule is O=C(O)Cc1ccc(Br)c(Br)c1Cl. The van der Waals surface area contributed by atoms with Gasteiger partial charge in [0.2, 0.25) is 0 Å². The first-order valence-electron chi connectivity index (χ1n) is 3.36. The number of aliphatic carboxylic acids is 1. The van der Waals surface area contributed by atoms with Crippen molar-refractivity contribution in [3.8, 4) is 0 Å². The van der Waals surface area contributed by atoms with E-state index >= 15 is 0 Å². The minimum atomic E-state index is -0.892. The van der Waals surface area contributed by atoms with Crippen molar-refractivity contribution in [2.45, 2.75) is 6.42 Å². The average Bonchev–Trinajstić information content (AvgIpc) is 2.06. The summed E-state index contributed by atoms with van der Waals surface area (Å²) < 4.78 is 1.50. The van der Waals surface area contributed by atoms with Gasteiger partial charge in [-0.3, -0.25) is 4.79 Å². The lowest BCUT2D eigenvalue weighted by atomic mass is 10.1. The third kappa shape index (κ3) is 2.69. The molecule has 5 heteroatoms. The highest BCUT2D eigenvalue weighted by atomic mass is 79.9. The minimum Gasteiger partial charge on any atom is -0.481 e. The van der Waals surface area contributed by atoms with Crippen LogP contribution in [0.25, 0.3) is 0 Å². The molecule has 0 atom stereocenters. The summed E-state index contributed by atoms with van der Waals surface area (Å²) >= 11 is 12.4. The van der Waals surface area contributed by atoms with E-state index in [1.165, 1.54) is 0 Å². The van der Waals surface area contributed by atoms with E-state index in [-0.39, 0.29) is 6.42 Å². The Labute approximate surface area is 97.2 Å². The van der Waals surface area contributed by atoms with E-state index in [1.807, 2.05) is 0 Å². The van der Waals surface area contributed by atoms with Gasteiger partial charge >= 0.3 is 5.97 Å². The molecule has 0 aliphatic heterocycles. The summed E-state index contributed by atoms with van der Waals surface area (Å²) in [6.07, 6.45) is -0.0648. The smallest absolute Gasteiger partial charge is 0.307 e. The molecule has 1 rings (SSSR count). The topological polar surface area (TPSA) is 37.3 Å². The Morgan fingerprint density at radius 2 is 2.08 bits per heavy atom. The summed E-state index contributed by atoms with van der Waals surface area (Å²) in [4.78, 5) is 10.4. The zero-order valence-corrected chi connectivity index (χ0v) is 10.3. The van der Waals surface area contributed by atoms with E-state index in [0.717, 1.165) is 4.47 Å². The Bertz CT molecular complexity index is 352. The second-order valence-electron chi connectivity index (χ2n) is 2.40. The van der Waals surface area contributed by atoms with Crippen LogP contribution in [0.3, 0.4) is 0 Å². The number of hydrogen-bond donors (Lipinski definition) is 1. The highest BCUT2D eigenvalue weighted by molar-refractivity contribution is 9.13. The number of rotatable bonds is 2. The molecule has 0 saturated carbocycles. The summed E-state index contributed by atoms with van der Waals surface area (Å²) in [5.41, 5.74) is 0.601. The van der Waals surface area contributed by atoms with Gasteiger partial charge in [0, 0.05) is 4.47 Å². The molecule has 0 amide bonds. The molecule has 0 aliphatic rings. The van der Waals surface area contributed by atoms with Gasteiger partial charge in [0.05, 0.1) is 15.9 Å². The first-order valence-corrected chi connectivity index (χ1v) is 5.33. The Morgan fingerprint density at radius 1 is 1.46 bits per heavy atom. The van der Waals surface area contributed by atoms with Crippen LogP contribution < -0.4 is 0 Å². The van der Waals surface area contributed by atoms with Crippen LogP contribution in [-0.2, 0) is 11.2 Å².